The highest BCUT2D eigenvalue weighted by atomic mass is 16.5. The molecule has 0 aliphatic carbocycles. The highest BCUT2D eigenvalue weighted by Crippen LogP contribution is 2.42. The number of ether oxygens (including phenoxy) is 3. The van der Waals surface area contributed by atoms with Gasteiger partial charge in [-0.3, -0.25) is 5.41 Å². The monoisotopic (exact) mass is 453 g/mol. The Labute approximate surface area is 199 Å². The molecule has 6 heteroatoms. The summed E-state index contributed by atoms with van der Waals surface area (Å²) in [6, 6.07) is 33.2. The molecule has 0 bridgehead atoms. The van der Waals surface area contributed by atoms with Gasteiger partial charge in [-0.15, -0.1) is 0 Å². The van der Waals surface area contributed by atoms with Crippen molar-refractivity contribution in [3.8, 4) is 17.2 Å². The number of anilines is 1. The second-order valence-corrected chi connectivity index (χ2v) is 7.66. The van der Waals surface area contributed by atoms with Gasteiger partial charge in [-0.25, -0.2) is 0 Å². The molecule has 0 atom stereocenters. The molecule has 6 nitrogen and oxygen atoms in total. The maximum atomic E-state index is 7.65. The van der Waals surface area contributed by atoms with Gasteiger partial charge in [-0.2, -0.15) is 0 Å². The van der Waals surface area contributed by atoms with Gasteiger partial charge in [0.25, 0.3) is 0 Å². The molecule has 34 heavy (non-hydrogen) atoms. The topological polar surface area (TPSA) is 89.6 Å². The van der Waals surface area contributed by atoms with Gasteiger partial charge in [0, 0.05) is 17.8 Å². The lowest BCUT2D eigenvalue weighted by molar-refractivity contribution is 0.230. The summed E-state index contributed by atoms with van der Waals surface area (Å²) in [5.41, 5.74) is 9.23. The molecule has 0 aliphatic rings. The fraction of sp³-hybridized carbons (Fsp3) is 0.107. The smallest absolute Gasteiger partial charge is 0.204 e. The number of nitrogens with two attached hydrogens (primary N) is 1. The van der Waals surface area contributed by atoms with Crippen molar-refractivity contribution >= 4 is 11.6 Å². The summed E-state index contributed by atoms with van der Waals surface area (Å²) in [5, 5.41) is 10.5. The van der Waals surface area contributed by atoms with Crippen molar-refractivity contribution in [3.05, 3.63) is 120 Å². The Bertz CT molecular complexity index is 1140. The van der Waals surface area contributed by atoms with Crippen LogP contribution in [0.4, 0.5) is 5.69 Å². The Morgan fingerprint density at radius 1 is 0.618 bits per heavy atom. The maximum Gasteiger partial charge on any atom is 0.204 e. The molecule has 0 unspecified atom stereocenters. The first kappa shape index (κ1) is 22.7. The van der Waals surface area contributed by atoms with E-state index in [4.69, 9.17) is 25.4 Å². The van der Waals surface area contributed by atoms with Crippen molar-refractivity contribution in [2.45, 2.75) is 19.8 Å². The van der Waals surface area contributed by atoms with Crippen molar-refractivity contribution in [3.63, 3.8) is 0 Å². The van der Waals surface area contributed by atoms with Crippen molar-refractivity contribution in [2.75, 3.05) is 5.32 Å². The first-order chi connectivity index (χ1) is 16.7. The van der Waals surface area contributed by atoms with Crippen LogP contribution in [0.3, 0.4) is 0 Å². The number of benzene rings is 4. The molecule has 0 fully saturated rings. The second kappa shape index (κ2) is 11.4. The van der Waals surface area contributed by atoms with E-state index in [-0.39, 0.29) is 5.96 Å². The Kier molecular flexibility index (Phi) is 7.64. The van der Waals surface area contributed by atoms with Gasteiger partial charge in [0.05, 0.1) is 0 Å². The van der Waals surface area contributed by atoms with Crippen LogP contribution in [0, 0.1) is 5.41 Å². The van der Waals surface area contributed by atoms with Crippen molar-refractivity contribution in [2.24, 2.45) is 5.73 Å². The molecule has 0 aliphatic heterocycles. The van der Waals surface area contributed by atoms with Crippen molar-refractivity contribution < 1.29 is 14.2 Å². The Morgan fingerprint density at radius 3 is 1.38 bits per heavy atom. The van der Waals surface area contributed by atoms with Crippen LogP contribution in [0.2, 0.25) is 0 Å². The van der Waals surface area contributed by atoms with Gasteiger partial charge in [-0.05, 0) is 16.7 Å². The highest BCUT2D eigenvalue weighted by Gasteiger charge is 2.17. The van der Waals surface area contributed by atoms with Gasteiger partial charge in [0.15, 0.2) is 17.5 Å². The number of guanidine groups is 1. The van der Waals surface area contributed by atoms with E-state index in [1.54, 1.807) is 12.1 Å². The molecule has 0 amide bonds. The third kappa shape index (κ3) is 6.53. The Balaban J connectivity index is 1.65. The summed E-state index contributed by atoms with van der Waals surface area (Å²) in [4.78, 5) is 0. The Hall–Kier alpha value is -4.45. The SMILES string of the molecule is N=C(N)Nc1cc(OCc2ccccc2)c(OCc2ccccc2)c(OCc2ccccc2)c1. The zero-order valence-corrected chi connectivity index (χ0v) is 18.7. The number of hydrogen-bond donors (Lipinski definition) is 3. The third-order valence-electron chi connectivity index (χ3n) is 5.00. The summed E-state index contributed by atoms with van der Waals surface area (Å²) in [7, 11) is 0. The zero-order chi connectivity index (χ0) is 23.6. The van der Waals surface area contributed by atoms with Gasteiger partial charge in [-0.1, -0.05) is 91.0 Å². The summed E-state index contributed by atoms with van der Waals surface area (Å²) in [6.07, 6.45) is 0. The van der Waals surface area contributed by atoms with E-state index in [9.17, 15) is 0 Å². The zero-order valence-electron chi connectivity index (χ0n) is 18.7. The lowest BCUT2D eigenvalue weighted by atomic mass is 10.2. The van der Waals surface area contributed by atoms with Gasteiger partial charge in [0.2, 0.25) is 5.75 Å². The molecule has 0 radical (unpaired) electrons. The average molecular weight is 454 g/mol. The van der Waals surface area contributed by atoms with E-state index in [1.165, 1.54) is 0 Å². The first-order valence-electron chi connectivity index (χ1n) is 11.0. The quantitative estimate of drug-likeness (QED) is 0.211. The molecule has 0 spiro atoms. The van der Waals surface area contributed by atoms with E-state index in [0.29, 0.717) is 42.8 Å². The van der Waals surface area contributed by atoms with Crippen LogP contribution in [0.1, 0.15) is 16.7 Å². The van der Waals surface area contributed by atoms with Crippen LogP contribution in [-0.4, -0.2) is 5.96 Å². The summed E-state index contributed by atoms with van der Waals surface area (Å²) in [5.74, 6) is 1.30. The minimum absolute atomic E-state index is 0.180. The van der Waals surface area contributed by atoms with Crippen LogP contribution in [0.15, 0.2) is 103 Å². The van der Waals surface area contributed by atoms with Crippen LogP contribution < -0.4 is 25.3 Å². The molecule has 4 rings (SSSR count). The molecule has 4 N–H and O–H groups in total. The molecule has 0 saturated carbocycles. The number of nitrogens with one attached hydrogen (secondary N) is 2. The predicted molar refractivity (Wildman–Crippen MR) is 134 cm³/mol. The normalized spacial score (nSPS) is 10.4. The standard InChI is InChI=1S/C28H27N3O3/c29-28(30)31-24-16-25(32-18-21-10-4-1-5-11-21)27(34-20-23-14-8-3-9-15-23)26(17-24)33-19-22-12-6-2-7-13-22/h1-17H,18-20H2,(H4,29,30,31). The molecular formula is C28H27N3O3. The molecular weight excluding hydrogens is 426 g/mol. The predicted octanol–water partition coefficient (Wildman–Crippen LogP) is 5.73. The molecule has 0 aromatic heterocycles. The minimum atomic E-state index is -0.180. The van der Waals surface area contributed by atoms with E-state index < -0.39 is 0 Å². The van der Waals surface area contributed by atoms with Crippen LogP contribution in [0.25, 0.3) is 0 Å². The van der Waals surface area contributed by atoms with Crippen LogP contribution >= 0.6 is 0 Å². The number of hydrogen-bond acceptors (Lipinski definition) is 4. The van der Waals surface area contributed by atoms with Gasteiger partial charge >= 0.3 is 0 Å². The Morgan fingerprint density at radius 2 is 1.00 bits per heavy atom. The van der Waals surface area contributed by atoms with Gasteiger partial charge < -0.3 is 25.3 Å². The molecule has 0 saturated heterocycles. The van der Waals surface area contributed by atoms with Gasteiger partial charge in [0.1, 0.15) is 19.8 Å². The fourth-order valence-corrected chi connectivity index (χ4v) is 3.36. The van der Waals surface area contributed by atoms with Crippen LogP contribution in [-0.2, 0) is 19.8 Å². The molecule has 172 valence electrons. The van der Waals surface area contributed by atoms with Crippen molar-refractivity contribution in [1.82, 2.24) is 0 Å². The second-order valence-electron chi connectivity index (χ2n) is 7.66. The summed E-state index contributed by atoms with van der Waals surface area (Å²) >= 11 is 0. The van der Waals surface area contributed by atoms with Crippen molar-refractivity contribution in [1.29, 1.82) is 5.41 Å². The van der Waals surface area contributed by atoms with E-state index in [1.807, 2.05) is 91.0 Å². The maximum absolute atomic E-state index is 7.65. The third-order valence-corrected chi connectivity index (χ3v) is 5.00. The summed E-state index contributed by atoms with van der Waals surface area (Å²) < 4.78 is 18.6. The largest absolute Gasteiger partial charge is 0.485 e. The van der Waals surface area contributed by atoms with E-state index >= 15 is 0 Å². The lowest BCUT2D eigenvalue weighted by Gasteiger charge is -2.19. The molecule has 4 aromatic rings. The minimum Gasteiger partial charge on any atom is -0.485 e. The lowest BCUT2D eigenvalue weighted by Crippen LogP contribution is -2.20. The molecule has 4 aromatic carbocycles. The number of rotatable bonds is 10. The van der Waals surface area contributed by atoms with E-state index in [2.05, 4.69) is 5.32 Å². The highest BCUT2D eigenvalue weighted by molar-refractivity contribution is 5.90. The molecule has 0 heterocycles. The first-order valence-corrected chi connectivity index (χ1v) is 11.0. The fourth-order valence-electron chi connectivity index (χ4n) is 3.36. The summed E-state index contributed by atoms with van der Waals surface area (Å²) in [6.45, 7) is 1.05. The van der Waals surface area contributed by atoms with Crippen LogP contribution in [0.5, 0.6) is 17.2 Å². The average Bonchev–Trinajstić information content (AvgIpc) is 2.87. The van der Waals surface area contributed by atoms with E-state index in [0.717, 1.165) is 16.7 Å².